The van der Waals surface area contributed by atoms with E-state index < -0.39 is 0 Å². The van der Waals surface area contributed by atoms with Crippen molar-refractivity contribution < 1.29 is 10.2 Å². The van der Waals surface area contributed by atoms with E-state index in [0.29, 0.717) is 5.56 Å². The number of aromatic nitrogens is 3. The van der Waals surface area contributed by atoms with Crippen LogP contribution in [0.5, 0.6) is 11.5 Å². The molecule has 76 valence electrons. The highest BCUT2D eigenvalue weighted by Crippen LogP contribution is 2.23. The molecule has 0 saturated carbocycles. The van der Waals surface area contributed by atoms with Gasteiger partial charge in [0.2, 0.25) is 0 Å². The Morgan fingerprint density at radius 2 is 1.87 bits per heavy atom. The maximum Gasteiger partial charge on any atom is 0.158 e. The van der Waals surface area contributed by atoms with Crippen molar-refractivity contribution in [3.8, 4) is 11.5 Å². The maximum absolute atomic E-state index is 9.21. The Hall–Kier alpha value is -2.37. The third-order valence-electron chi connectivity index (χ3n) is 1.75. The Labute approximate surface area is 85.1 Å². The fourth-order valence-electron chi connectivity index (χ4n) is 1.01. The smallest absolute Gasteiger partial charge is 0.158 e. The molecule has 1 aromatic heterocycles. The Morgan fingerprint density at radius 3 is 2.53 bits per heavy atom. The number of nitrogens with zero attached hydrogens (tertiary/aromatic N) is 4. The van der Waals surface area contributed by atoms with Gasteiger partial charge in [-0.15, -0.1) is 10.2 Å². The summed E-state index contributed by atoms with van der Waals surface area (Å²) in [5.74, 6) is -0.334. The molecule has 2 aromatic rings. The van der Waals surface area contributed by atoms with Crippen molar-refractivity contribution in [3.05, 3.63) is 36.4 Å². The van der Waals surface area contributed by atoms with Crippen molar-refractivity contribution in [2.24, 2.45) is 5.10 Å². The lowest BCUT2D eigenvalue weighted by molar-refractivity contribution is 0.403. The molecule has 0 aliphatic heterocycles. The predicted molar refractivity (Wildman–Crippen MR) is 52.8 cm³/mol. The number of aromatic hydroxyl groups is 2. The molecule has 0 amide bonds. The van der Waals surface area contributed by atoms with Crippen molar-refractivity contribution in [3.63, 3.8) is 0 Å². The molecule has 2 N–H and O–H groups in total. The second-order valence-electron chi connectivity index (χ2n) is 2.83. The Morgan fingerprint density at radius 1 is 1.13 bits per heavy atom. The fourth-order valence-corrected chi connectivity index (χ4v) is 1.01. The van der Waals surface area contributed by atoms with E-state index in [1.54, 1.807) is 6.07 Å². The Kier molecular flexibility index (Phi) is 2.32. The lowest BCUT2D eigenvalue weighted by Crippen LogP contribution is -1.86. The molecule has 0 fully saturated rings. The molecule has 2 rings (SSSR count). The second kappa shape index (κ2) is 3.79. The highest BCUT2D eigenvalue weighted by atomic mass is 16.3. The minimum absolute atomic E-state index is 0.156. The standard InChI is InChI=1S/C9H8N4O2/c14-8-2-1-7(3-9(8)15)4-12-13-5-10-11-6-13/h1-6,14-15H. The Bertz CT molecular complexity index is 479. The van der Waals surface area contributed by atoms with Crippen LogP contribution in [-0.4, -0.2) is 31.3 Å². The molecule has 1 aromatic carbocycles. The molecule has 0 spiro atoms. The molecule has 0 radical (unpaired) electrons. The predicted octanol–water partition coefficient (Wildman–Crippen LogP) is 0.571. The van der Waals surface area contributed by atoms with Gasteiger partial charge in [-0.2, -0.15) is 5.10 Å². The van der Waals surface area contributed by atoms with E-state index >= 15 is 0 Å². The van der Waals surface area contributed by atoms with Gasteiger partial charge in [-0.25, -0.2) is 4.68 Å². The van der Waals surface area contributed by atoms with Crippen LogP contribution >= 0.6 is 0 Å². The summed E-state index contributed by atoms with van der Waals surface area (Å²) in [5.41, 5.74) is 0.666. The fraction of sp³-hybridized carbons (Fsp3) is 0. The molecule has 0 saturated heterocycles. The van der Waals surface area contributed by atoms with Crippen LogP contribution in [0.1, 0.15) is 5.56 Å². The van der Waals surface area contributed by atoms with Gasteiger partial charge in [0.1, 0.15) is 12.7 Å². The van der Waals surface area contributed by atoms with Gasteiger partial charge in [0.15, 0.2) is 11.5 Å². The van der Waals surface area contributed by atoms with Crippen LogP contribution in [0.2, 0.25) is 0 Å². The van der Waals surface area contributed by atoms with Crippen LogP contribution in [0.15, 0.2) is 36.0 Å². The van der Waals surface area contributed by atoms with Gasteiger partial charge in [0.05, 0.1) is 6.21 Å². The van der Waals surface area contributed by atoms with Crippen LogP contribution in [0.25, 0.3) is 0 Å². The lowest BCUT2D eigenvalue weighted by Gasteiger charge is -1.97. The second-order valence-corrected chi connectivity index (χ2v) is 2.83. The first-order valence-electron chi connectivity index (χ1n) is 4.16. The van der Waals surface area contributed by atoms with Gasteiger partial charge in [-0.3, -0.25) is 0 Å². The number of rotatable bonds is 2. The largest absolute Gasteiger partial charge is 0.504 e. The van der Waals surface area contributed by atoms with Crippen LogP contribution in [0, 0.1) is 0 Å². The molecule has 0 unspecified atom stereocenters. The van der Waals surface area contributed by atoms with Crippen molar-refractivity contribution in [1.82, 2.24) is 14.9 Å². The number of hydrogen-bond donors (Lipinski definition) is 2. The summed E-state index contributed by atoms with van der Waals surface area (Å²) in [5, 5.41) is 29.4. The van der Waals surface area contributed by atoms with E-state index in [1.165, 1.54) is 35.7 Å². The molecule has 0 aliphatic rings. The first-order chi connectivity index (χ1) is 7.25. The normalized spacial score (nSPS) is 10.9. The van der Waals surface area contributed by atoms with E-state index in [-0.39, 0.29) is 11.5 Å². The van der Waals surface area contributed by atoms with Crippen LogP contribution in [-0.2, 0) is 0 Å². The van der Waals surface area contributed by atoms with E-state index in [2.05, 4.69) is 15.3 Å². The average molecular weight is 204 g/mol. The zero-order valence-electron chi connectivity index (χ0n) is 7.65. The molecule has 1 heterocycles. The van der Waals surface area contributed by atoms with Crippen molar-refractivity contribution >= 4 is 6.21 Å². The summed E-state index contributed by atoms with van der Waals surface area (Å²) in [6.45, 7) is 0. The zero-order valence-corrected chi connectivity index (χ0v) is 7.65. The molecule has 0 aliphatic carbocycles. The summed E-state index contributed by atoms with van der Waals surface area (Å²) < 4.78 is 1.42. The summed E-state index contributed by atoms with van der Waals surface area (Å²) in [6.07, 6.45) is 4.40. The lowest BCUT2D eigenvalue weighted by atomic mass is 10.2. The number of benzene rings is 1. The molecular formula is C9H8N4O2. The average Bonchev–Trinajstić information content (AvgIpc) is 2.73. The van der Waals surface area contributed by atoms with Crippen molar-refractivity contribution in [2.75, 3.05) is 0 Å². The minimum Gasteiger partial charge on any atom is -0.504 e. The third-order valence-corrected chi connectivity index (χ3v) is 1.75. The van der Waals surface area contributed by atoms with Gasteiger partial charge < -0.3 is 10.2 Å². The quantitative estimate of drug-likeness (QED) is 0.553. The van der Waals surface area contributed by atoms with Gasteiger partial charge in [-0.05, 0) is 23.8 Å². The molecule has 0 atom stereocenters. The summed E-state index contributed by atoms with van der Waals surface area (Å²) >= 11 is 0. The van der Waals surface area contributed by atoms with Crippen LogP contribution in [0.3, 0.4) is 0 Å². The molecule has 6 heteroatoms. The van der Waals surface area contributed by atoms with E-state index in [1.807, 2.05) is 0 Å². The third kappa shape index (κ3) is 2.11. The van der Waals surface area contributed by atoms with Crippen molar-refractivity contribution in [1.29, 1.82) is 0 Å². The first kappa shape index (κ1) is 9.20. The maximum atomic E-state index is 9.21. The Balaban J connectivity index is 2.21. The van der Waals surface area contributed by atoms with Gasteiger partial charge in [0, 0.05) is 0 Å². The summed E-state index contributed by atoms with van der Waals surface area (Å²) in [7, 11) is 0. The van der Waals surface area contributed by atoms with Crippen LogP contribution in [0.4, 0.5) is 0 Å². The topological polar surface area (TPSA) is 83.5 Å². The first-order valence-corrected chi connectivity index (χ1v) is 4.16. The molecule has 15 heavy (non-hydrogen) atoms. The summed E-state index contributed by atoms with van der Waals surface area (Å²) in [6, 6.07) is 4.43. The molecular weight excluding hydrogens is 196 g/mol. The van der Waals surface area contributed by atoms with Crippen molar-refractivity contribution in [2.45, 2.75) is 0 Å². The van der Waals surface area contributed by atoms with E-state index in [0.717, 1.165) is 0 Å². The van der Waals surface area contributed by atoms with Gasteiger partial charge >= 0.3 is 0 Å². The summed E-state index contributed by atoms with van der Waals surface area (Å²) in [4.78, 5) is 0. The molecule has 0 bridgehead atoms. The number of phenolic OH excluding ortho intramolecular Hbond substituents is 2. The van der Waals surface area contributed by atoms with Gasteiger partial charge in [-0.1, -0.05) is 0 Å². The monoisotopic (exact) mass is 204 g/mol. The number of hydrogen-bond acceptors (Lipinski definition) is 5. The minimum atomic E-state index is -0.178. The number of phenols is 2. The van der Waals surface area contributed by atoms with Crippen LogP contribution < -0.4 is 0 Å². The van der Waals surface area contributed by atoms with Gasteiger partial charge in [0.25, 0.3) is 0 Å². The van der Waals surface area contributed by atoms with E-state index in [9.17, 15) is 5.11 Å². The SMILES string of the molecule is Oc1ccc(C=Nn2cnnc2)cc1O. The highest BCUT2D eigenvalue weighted by Gasteiger charge is 1.98. The van der Waals surface area contributed by atoms with E-state index in [4.69, 9.17) is 5.11 Å². The highest BCUT2D eigenvalue weighted by molar-refractivity contribution is 5.80. The molecule has 6 nitrogen and oxygen atoms in total. The zero-order chi connectivity index (χ0) is 10.7.